The van der Waals surface area contributed by atoms with Gasteiger partial charge in [0.15, 0.2) is 0 Å². The van der Waals surface area contributed by atoms with Crippen molar-refractivity contribution in [2.75, 3.05) is 21.1 Å². The molecule has 0 N–H and O–H groups in total. The Hall–Kier alpha value is -0.570. The fraction of sp³-hybridized carbons (Fsp3) is 0.966. The van der Waals surface area contributed by atoms with E-state index in [4.69, 9.17) is 4.84 Å². The Bertz CT molecular complexity index is 378. The van der Waals surface area contributed by atoms with Crippen molar-refractivity contribution in [1.29, 1.82) is 0 Å². The lowest BCUT2D eigenvalue weighted by Crippen LogP contribution is -2.39. The number of hydrogen-bond acceptors (Lipinski definition) is 2. The van der Waals surface area contributed by atoms with Crippen molar-refractivity contribution in [2.24, 2.45) is 5.92 Å². The number of rotatable bonds is 24. The zero-order chi connectivity index (χ0) is 23.9. The van der Waals surface area contributed by atoms with Crippen LogP contribution in [-0.4, -0.2) is 31.8 Å². The minimum Gasteiger partial charge on any atom is -0.277 e. The van der Waals surface area contributed by atoms with E-state index >= 15 is 0 Å². The van der Waals surface area contributed by atoms with Crippen molar-refractivity contribution in [2.45, 2.75) is 155 Å². The zero-order valence-corrected chi connectivity index (χ0v) is 22.9. The molecule has 0 heterocycles. The van der Waals surface area contributed by atoms with Gasteiger partial charge >= 0.3 is 5.97 Å². The molecule has 0 saturated carbocycles. The van der Waals surface area contributed by atoms with E-state index in [0.717, 1.165) is 12.8 Å². The molecule has 0 bridgehead atoms. The molecule has 32 heavy (non-hydrogen) atoms. The third-order valence-corrected chi connectivity index (χ3v) is 6.51. The highest BCUT2D eigenvalue weighted by Gasteiger charge is 2.25. The van der Waals surface area contributed by atoms with Gasteiger partial charge in [-0.1, -0.05) is 142 Å². The van der Waals surface area contributed by atoms with Crippen LogP contribution in [0.1, 0.15) is 155 Å². The Kier molecular flexibility index (Phi) is 21.8. The van der Waals surface area contributed by atoms with E-state index in [1.165, 1.54) is 128 Å². The number of hydroxylamine groups is 3. The molecule has 0 saturated heterocycles. The van der Waals surface area contributed by atoms with Gasteiger partial charge in [-0.05, 0) is 12.8 Å². The van der Waals surface area contributed by atoms with Gasteiger partial charge in [-0.15, -0.1) is 4.65 Å². The fourth-order valence-electron chi connectivity index (χ4n) is 4.48. The maximum absolute atomic E-state index is 12.7. The van der Waals surface area contributed by atoms with Gasteiger partial charge in [-0.25, -0.2) is 4.79 Å². The number of unbranched alkanes of at least 4 members (excludes halogenated alkanes) is 18. The molecule has 192 valence electrons. The monoisotopic (exact) mass is 454 g/mol. The van der Waals surface area contributed by atoms with Crippen LogP contribution in [0.15, 0.2) is 0 Å². The molecule has 0 fully saturated rings. The Balaban J connectivity index is 3.95. The van der Waals surface area contributed by atoms with E-state index in [2.05, 4.69) is 13.8 Å². The molecule has 0 aliphatic carbocycles. The summed E-state index contributed by atoms with van der Waals surface area (Å²) in [7, 11) is 5.78. The standard InChI is InChI=1S/C29H60NO2/c1-6-8-10-12-14-16-18-20-22-24-26-28(29(31)32-30(3,4)5)27-25-23-21-19-17-15-13-11-9-7-2/h28H,6-27H2,1-5H3/q+1. The van der Waals surface area contributed by atoms with Gasteiger partial charge in [0.05, 0.1) is 5.92 Å². The predicted octanol–water partition coefficient (Wildman–Crippen LogP) is 9.39. The van der Waals surface area contributed by atoms with E-state index in [9.17, 15) is 4.79 Å². The summed E-state index contributed by atoms with van der Waals surface area (Å²) >= 11 is 0. The van der Waals surface area contributed by atoms with Crippen molar-refractivity contribution >= 4 is 5.97 Å². The highest BCUT2D eigenvalue weighted by Crippen LogP contribution is 2.22. The largest absolute Gasteiger partial charge is 0.369 e. The highest BCUT2D eigenvalue weighted by molar-refractivity contribution is 5.71. The molecule has 3 heteroatoms. The summed E-state index contributed by atoms with van der Waals surface area (Å²) in [4.78, 5) is 18.4. The number of nitrogens with zero attached hydrogens (tertiary/aromatic N) is 1. The zero-order valence-electron chi connectivity index (χ0n) is 22.9. The topological polar surface area (TPSA) is 26.3 Å². The number of quaternary nitrogens is 1. The molecule has 0 aromatic heterocycles. The average Bonchev–Trinajstić information content (AvgIpc) is 2.73. The highest BCUT2D eigenvalue weighted by atomic mass is 16.7. The van der Waals surface area contributed by atoms with E-state index in [0.29, 0.717) is 0 Å². The van der Waals surface area contributed by atoms with Crippen LogP contribution in [0.2, 0.25) is 0 Å². The second-order valence-corrected chi connectivity index (χ2v) is 10.9. The van der Waals surface area contributed by atoms with Crippen LogP contribution < -0.4 is 0 Å². The van der Waals surface area contributed by atoms with Crippen LogP contribution >= 0.6 is 0 Å². The minimum atomic E-state index is 0.0179. The first-order valence-corrected chi connectivity index (χ1v) is 14.5. The Labute approximate surface area is 202 Å². The Morgan fingerprint density at radius 3 is 1.09 bits per heavy atom. The van der Waals surface area contributed by atoms with Crippen molar-refractivity contribution in [3.05, 3.63) is 0 Å². The molecule has 0 radical (unpaired) electrons. The maximum atomic E-state index is 12.7. The first-order valence-electron chi connectivity index (χ1n) is 14.5. The molecule has 3 nitrogen and oxygen atoms in total. The van der Waals surface area contributed by atoms with E-state index < -0.39 is 0 Å². The molecule has 0 aliphatic rings. The minimum absolute atomic E-state index is 0.0179. The fourth-order valence-corrected chi connectivity index (χ4v) is 4.48. The van der Waals surface area contributed by atoms with Crippen LogP contribution in [0.5, 0.6) is 0 Å². The maximum Gasteiger partial charge on any atom is 0.369 e. The summed E-state index contributed by atoms with van der Waals surface area (Å²) in [6, 6.07) is 0. The summed E-state index contributed by atoms with van der Waals surface area (Å²) in [6.45, 7) is 4.56. The predicted molar refractivity (Wildman–Crippen MR) is 141 cm³/mol. The summed E-state index contributed by atoms with van der Waals surface area (Å²) < 4.78 is 0.269. The second-order valence-electron chi connectivity index (χ2n) is 10.9. The first-order chi connectivity index (χ1) is 15.4. The molecule has 0 rings (SSSR count). The van der Waals surface area contributed by atoms with Crippen LogP contribution in [0.3, 0.4) is 0 Å². The smallest absolute Gasteiger partial charge is 0.277 e. The van der Waals surface area contributed by atoms with Gasteiger partial charge in [0, 0.05) is 0 Å². The summed E-state index contributed by atoms with van der Waals surface area (Å²) in [5, 5.41) is 0. The van der Waals surface area contributed by atoms with Crippen LogP contribution in [0.25, 0.3) is 0 Å². The number of carbonyl (C=O) groups excluding carboxylic acids is 1. The molecule has 0 spiro atoms. The van der Waals surface area contributed by atoms with E-state index in [-0.39, 0.29) is 16.5 Å². The molecule has 0 unspecified atom stereocenters. The van der Waals surface area contributed by atoms with Gasteiger partial charge in [0.25, 0.3) is 0 Å². The molecule has 0 aromatic rings. The van der Waals surface area contributed by atoms with Gasteiger partial charge in [0.2, 0.25) is 0 Å². The van der Waals surface area contributed by atoms with Crippen molar-refractivity contribution in [1.82, 2.24) is 0 Å². The lowest BCUT2D eigenvalue weighted by molar-refractivity contribution is -1.04. The SMILES string of the molecule is CCCCCCCCCCCCC(CCCCCCCCCCCC)C(=O)O[N+](C)(C)C. The lowest BCUT2D eigenvalue weighted by Gasteiger charge is -2.24. The first kappa shape index (κ1) is 31.4. The molecule has 0 aromatic carbocycles. The third-order valence-electron chi connectivity index (χ3n) is 6.51. The third kappa shape index (κ3) is 22.6. The second kappa shape index (κ2) is 22.2. The molecule has 0 amide bonds. The molecule has 0 aliphatic heterocycles. The van der Waals surface area contributed by atoms with Gasteiger partial charge in [0.1, 0.15) is 21.1 Å². The van der Waals surface area contributed by atoms with Gasteiger partial charge in [-0.2, -0.15) is 0 Å². The molecular formula is C29H60NO2+. The summed E-state index contributed by atoms with van der Waals surface area (Å²) in [5.74, 6) is 0.111. The average molecular weight is 455 g/mol. The normalized spacial score (nSPS) is 11.9. The lowest BCUT2D eigenvalue weighted by atomic mass is 9.94. The number of carbonyl (C=O) groups is 1. The molecule has 0 atom stereocenters. The van der Waals surface area contributed by atoms with Crippen LogP contribution in [-0.2, 0) is 9.63 Å². The number of hydrogen-bond donors (Lipinski definition) is 0. The van der Waals surface area contributed by atoms with Gasteiger partial charge < -0.3 is 0 Å². The summed E-state index contributed by atoms with van der Waals surface area (Å²) in [6.07, 6.45) is 28.9. The van der Waals surface area contributed by atoms with Gasteiger partial charge in [-0.3, -0.25) is 4.84 Å². The van der Waals surface area contributed by atoms with Crippen molar-refractivity contribution < 1.29 is 14.3 Å². The van der Waals surface area contributed by atoms with Crippen LogP contribution in [0, 0.1) is 5.92 Å². The van der Waals surface area contributed by atoms with Crippen molar-refractivity contribution in [3.8, 4) is 0 Å². The Morgan fingerprint density at radius 2 is 0.812 bits per heavy atom. The van der Waals surface area contributed by atoms with E-state index in [1.54, 1.807) is 0 Å². The van der Waals surface area contributed by atoms with Crippen LogP contribution in [0.4, 0.5) is 0 Å². The summed E-state index contributed by atoms with van der Waals surface area (Å²) in [5.41, 5.74) is 0. The quantitative estimate of drug-likeness (QED) is 0.0824. The van der Waals surface area contributed by atoms with E-state index in [1.807, 2.05) is 21.1 Å². The Morgan fingerprint density at radius 1 is 0.531 bits per heavy atom. The van der Waals surface area contributed by atoms with Crippen molar-refractivity contribution in [3.63, 3.8) is 0 Å². The molecular weight excluding hydrogens is 394 g/mol.